The van der Waals surface area contributed by atoms with Gasteiger partial charge in [0, 0.05) is 36.8 Å². The number of likely N-dealkylation sites (tertiary alicyclic amines) is 1. The van der Waals surface area contributed by atoms with E-state index in [-0.39, 0.29) is 23.4 Å². The third-order valence-electron chi connectivity index (χ3n) is 4.26. The van der Waals surface area contributed by atoms with Gasteiger partial charge in [-0.3, -0.25) is 9.48 Å². The summed E-state index contributed by atoms with van der Waals surface area (Å²) in [6, 6.07) is 4.05. The van der Waals surface area contributed by atoms with Gasteiger partial charge in [-0.1, -0.05) is 6.07 Å². The van der Waals surface area contributed by atoms with Crippen LogP contribution in [-0.4, -0.2) is 33.7 Å². The smallest absolute Gasteiger partial charge is 0.257 e. The SMILES string of the molecule is CC(C)n1cc(C(=O)N2CC[C@@H](c3c(F)cccc3F)C2)cn1. The highest BCUT2D eigenvalue weighted by atomic mass is 19.1. The van der Waals surface area contributed by atoms with Crippen molar-refractivity contribution in [2.45, 2.75) is 32.2 Å². The van der Waals surface area contributed by atoms with Crippen LogP contribution in [0.2, 0.25) is 0 Å². The van der Waals surface area contributed by atoms with E-state index in [1.54, 1.807) is 22.0 Å². The fraction of sp³-hybridized carbons (Fsp3) is 0.412. The summed E-state index contributed by atoms with van der Waals surface area (Å²) in [5.41, 5.74) is 0.592. The fourth-order valence-electron chi connectivity index (χ4n) is 2.99. The predicted octanol–water partition coefficient (Wildman–Crippen LogP) is 3.37. The molecule has 122 valence electrons. The molecule has 0 unspecified atom stereocenters. The number of hydrogen-bond donors (Lipinski definition) is 0. The number of amides is 1. The van der Waals surface area contributed by atoms with Crippen molar-refractivity contribution in [2.24, 2.45) is 0 Å². The van der Waals surface area contributed by atoms with Crippen molar-refractivity contribution < 1.29 is 13.6 Å². The number of aromatic nitrogens is 2. The molecule has 1 atom stereocenters. The minimum Gasteiger partial charge on any atom is -0.338 e. The molecule has 1 fully saturated rings. The van der Waals surface area contributed by atoms with Crippen LogP contribution in [0.25, 0.3) is 0 Å². The van der Waals surface area contributed by atoms with E-state index in [1.807, 2.05) is 13.8 Å². The molecular weight excluding hydrogens is 300 g/mol. The van der Waals surface area contributed by atoms with E-state index in [4.69, 9.17) is 0 Å². The van der Waals surface area contributed by atoms with E-state index in [2.05, 4.69) is 5.10 Å². The minimum atomic E-state index is -0.545. The Bertz CT molecular complexity index is 706. The van der Waals surface area contributed by atoms with Crippen LogP contribution in [0.1, 0.15) is 48.1 Å². The molecule has 3 rings (SSSR count). The highest BCUT2D eigenvalue weighted by Gasteiger charge is 2.31. The van der Waals surface area contributed by atoms with E-state index in [0.717, 1.165) is 0 Å². The average Bonchev–Trinajstić information content (AvgIpc) is 3.16. The minimum absolute atomic E-state index is 0.0840. The van der Waals surface area contributed by atoms with Crippen molar-refractivity contribution in [1.29, 1.82) is 0 Å². The molecule has 0 radical (unpaired) electrons. The number of nitrogens with zero attached hydrogens (tertiary/aromatic N) is 3. The molecule has 1 aliphatic heterocycles. The van der Waals surface area contributed by atoms with E-state index in [0.29, 0.717) is 25.1 Å². The van der Waals surface area contributed by atoms with Crippen LogP contribution in [0.15, 0.2) is 30.6 Å². The summed E-state index contributed by atoms with van der Waals surface area (Å²) in [6.45, 7) is 4.77. The van der Waals surface area contributed by atoms with Crippen LogP contribution in [0, 0.1) is 11.6 Å². The van der Waals surface area contributed by atoms with Crippen molar-refractivity contribution in [3.63, 3.8) is 0 Å². The molecule has 0 saturated carbocycles. The Hall–Kier alpha value is -2.24. The zero-order valence-corrected chi connectivity index (χ0v) is 13.2. The molecule has 0 aliphatic carbocycles. The van der Waals surface area contributed by atoms with Crippen LogP contribution in [0.3, 0.4) is 0 Å². The fourth-order valence-corrected chi connectivity index (χ4v) is 2.99. The number of carbonyl (C=O) groups is 1. The first-order chi connectivity index (χ1) is 11.0. The second-order valence-electron chi connectivity index (χ2n) is 6.17. The zero-order valence-electron chi connectivity index (χ0n) is 13.2. The van der Waals surface area contributed by atoms with Crippen LogP contribution in [0.5, 0.6) is 0 Å². The van der Waals surface area contributed by atoms with Gasteiger partial charge in [0.15, 0.2) is 0 Å². The Kier molecular flexibility index (Phi) is 4.15. The molecule has 2 heterocycles. The quantitative estimate of drug-likeness (QED) is 0.870. The maximum atomic E-state index is 13.9. The lowest BCUT2D eigenvalue weighted by molar-refractivity contribution is 0.0790. The van der Waals surface area contributed by atoms with Gasteiger partial charge >= 0.3 is 0 Å². The molecule has 1 aliphatic rings. The molecule has 4 nitrogen and oxygen atoms in total. The van der Waals surface area contributed by atoms with Gasteiger partial charge in [-0.25, -0.2) is 8.78 Å². The zero-order chi connectivity index (χ0) is 16.6. The number of halogens is 2. The molecular formula is C17H19F2N3O. The normalized spacial score (nSPS) is 18.0. The lowest BCUT2D eigenvalue weighted by atomic mass is 9.97. The predicted molar refractivity (Wildman–Crippen MR) is 82.2 cm³/mol. The van der Waals surface area contributed by atoms with E-state index in [9.17, 15) is 13.6 Å². The second-order valence-corrected chi connectivity index (χ2v) is 6.17. The highest BCUT2D eigenvalue weighted by molar-refractivity contribution is 5.94. The Morgan fingerprint density at radius 1 is 1.30 bits per heavy atom. The summed E-state index contributed by atoms with van der Waals surface area (Å²) in [4.78, 5) is 14.2. The number of benzene rings is 1. The van der Waals surface area contributed by atoms with Gasteiger partial charge in [-0.15, -0.1) is 0 Å². The van der Waals surface area contributed by atoms with Gasteiger partial charge < -0.3 is 4.90 Å². The summed E-state index contributed by atoms with van der Waals surface area (Å²) in [7, 11) is 0. The largest absolute Gasteiger partial charge is 0.338 e. The Morgan fingerprint density at radius 3 is 2.61 bits per heavy atom. The first kappa shape index (κ1) is 15.6. The van der Waals surface area contributed by atoms with E-state index >= 15 is 0 Å². The van der Waals surface area contributed by atoms with Crippen LogP contribution >= 0.6 is 0 Å². The number of hydrogen-bond acceptors (Lipinski definition) is 2. The Balaban J connectivity index is 1.75. The maximum absolute atomic E-state index is 13.9. The van der Waals surface area contributed by atoms with E-state index in [1.165, 1.54) is 18.2 Å². The molecule has 0 bridgehead atoms. The topological polar surface area (TPSA) is 38.1 Å². The molecule has 1 saturated heterocycles. The van der Waals surface area contributed by atoms with Crippen molar-refractivity contribution in [3.8, 4) is 0 Å². The Morgan fingerprint density at radius 2 is 2.00 bits per heavy atom. The number of carbonyl (C=O) groups excluding carboxylic acids is 1. The molecule has 0 N–H and O–H groups in total. The third-order valence-corrected chi connectivity index (χ3v) is 4.26. The molecule has 23 heavy (non-hydrogen) atoms. The molecule has 1 amide bonds. The molecule has 1 aromatic heterocycles. The average molecular weight is 319 g/mol. The van der Waals surface area contributed by atoms with Crippen LogP contribution < -0.4 is 0 Å². The number of rotatable bonds is 3. The van der Waals surface area contributed by atoms with Gasteiger partial charge in [0.1, 0.15) is 11.6 Å². The summed E-state index contributed by atoms with van der Waals surface area (Å²) >= 11 is 0. The third kappa shape index (κ3) is 2.98. The van der Waals surface area contributed by atoms with Gasteiger partial charge in [-0.05, 0) is 32.4 Å². The van der Waals surface area contributed by atoms with Gasteiger partial charge in [-0.2, -0.15) is 5.10 Å². The van der Waals surface area contributed by atoms with E-state index < -0.39 is 11.6 Å². The lowest BCUT2D eigenvalue weighted by Crippen LogP contribution is -2.28. The van der Waals surface area contributed by atoms with Gasteiger partial charge in [0.2, 0.25) is 0 Å². The summed E-state index contributed by atoms with van der Waals surface area (Å²) in [5, 5.41) is 4.16. The van der Waals surface area contributed by atoms with Gasteiger partial charge in [0.25, 0.3) is 5.91 Å². The molecule has 1 aromatic carbocycles. The molecule has 2 aromatic rings. The molecule has 6 heteroatoms. The summed E-state index contributed by atoms with van der Waals surface area (Å²) < 4.78 is 29.5. The maximum Gasteiger partial charge on any atom is 0.257 e. The van der Waals surface area contributed by atoms with Gasteiger partial charge in [0.05, 0.1) is 11.8 Å². The molecule has 0 spiro atoms. The monoisotopic (exact) mass is 319 g/mol. The van der Waals surface area contributed by atoms with Crippen molar-refractivity contribution >= 4 is 5.91 Å². The van der Waals surface area contributed by atoms with Crippen molar-refractivity contribution in [2.75, 3.05) is 13.1 Å². The highest BCUT2D eigenvalue weighted by Crippen LogP contribution is 2.31. The second kappa shape index (κ2) is 6.10. The van der Waals surface area contributed by atoms with Crippen molar-refractivity contribution in [1.82, 2.24) is 14.7 Å². The van der Waals surface area contributed by atoms with Crippen molar-refractivity contribution in [3.05, 3.63) is 53.4 Å². The standard InChI is InChI=1S/C17H19F2N3O/c1-11(2)22-10-13(8-20-22)17(23)21-7-6-12(9-21)16-14(18)4-3-5-15(16)19/h3-5,8,10-12H,6-7,9H2,1-2H3/t12-/m1/s1. The first-order valence-electron chi connectivity index (χ1n) is 7.74. The first-order valence-corrected chi connectivity index (χ1v) is 7.74. The lowest BCUT2D eigenvalue weighted by Gasteiger charge is -2.16. The summed E-state index contributed by atoms with van der Waals surface area (Å²) in [6.07, 6.45) is 3.81. The van der Waals surface area contributed by atoms with Crippen LogP contribution in [0.4, 0.5) is 8.78 Å². The summed E-state index contributed by atoms with van der Waals surface area (Å²) in [5.74, 6) is -1.54. The van der Waals surface area contributed by atoms with Crippen LogP contribution in [-0.2, 0) is 0 Å². The Labute approximate surface area is 133 Å².